The number of aliphatic hydroxyl groups excluding tert-OH is 1. The second kappa shape index (κ2) is 7.70. The van der Waals surface area contributed by atoms with Gasteiger partial charge in [-0.1, -0.05) is 12.1 Å². The molecule has 0 bridgehead atoms. The lowest BCUT2D eigenvalue weighted by Crippen LogP contribution is -2.27. The Labute approximate surface area is 153 Å². The predicted molar refractivity (Wildman–Crippen MR) is 103 cm³/mol. The average molecular weight is 351 g/mol. The van der Waals surface area contributed by atoms with Gasteiger partial charge >= 0.3 is 0 Å². The average Bonchev–Trinajstić information content (AvgIpc) is 2.95. The van der Waals surface area contributed by atoms with Crippen molar-refractivity contribution in [1.29, 1.82) is 0 Å². The Kier molecular flexibility index (Phi) is 5.38. The van der Waals surface area contributed by atoms with Crippen molar-refractivity contribution in [2.75, 3.05) is 13.2 Å². The van der Waals surface area contributed by atoms with Crippen LogP contribution in [0.2, 0.25) is 0 Å². The summed E-state index contributed by atoms with van der Waals surface area (Å²) >= 11 is 0. The van der Waals surface area contributed by atoms with Crippen LogP contribution in [-0.2, 0) is 11.2 Å². The van der Waals surface area contributed by atoms with E-state index in [-0.39, 0.29) is 18.9 Å². The number of imidazole rings is 1. The third kappa shape index (κ3) is 3.78. The zero-order chi connectivity index (χ0) is 18.7. The first-order valence-electron chi connectivity index (χ1n) is 8.92. The first-order valence-corrected chi connectivity index (χ1v) is 8.92. The van der Waals surface area contributed by atoms with Gasteiger partial charge in [0.1, 0.15) is 5.65 Å². The van der Waals surface area contributed by atoms with Crippen molar-refractivity contribution in [3.05, 3.63) is 58.9 Å². The molecule has 1 aromatic carbocycles. The Morgan fingerprint density at radius 1 is 1.15 bits per heavy atom. The lowest BCUT2D eigenvalue weighted by Gasteiger charge is -2.08. The maximum Gasteiger partial charge on any atom is 0.226 e. The Hall–Kier alpha value is -2.66. The van der Waals surface area contributed by atoms with Gasteiger partial charge in [0.05, 0.1) is 17.8 Å². The monoisotopic (exact) mass is 351 g/mol. The first kappa shape index (κ1) is 18.1. The van der Waals surface area contributed by atoms with Crippen LogP contribution in [0.1, 0.15) is 28.8 Å². The van der Waals surface area contributed by atoms with Gasteiger partial charge in [-0.2, -0.15) is 0 Å². The minimum atomic E-state index is -0.0640. The highest BCUT2D eigenvalue weighted by molar-refractivity contribution is 5.81. The highest BCUT2D eigenvalue weighted by Gasteiger charge is 2.17. The Morgan fingerprint density at radius 3 is 2.69 bits per heavy atom. The number of benzene rings is 1. The molecule has 136 valence electrons. The summed E-state index contributed by atoms with van der Waals surface area (Å²) in [7, 11) is 0. The molecule has 26 heavy (non-hydrogen) atoms. The molecule has 2 aromatic heterocycles. The van der Waals surface area contributed by atoms with E-state index in [0.717, 1.165) is 28.2 Å². The van der Waals surface area contributed by atoms with Crippen molar-refractivity contribution < 1.29 is 9.90 Å². The SMILES string of the molecule is Cc1ccn2c(CC(=O)NCCCO)c(-c3ccc(C)c(C)c3)nc2c1. The van der Waals surface area contributed by atoms with Gasteiger partial charge in [-0.15, -0.1) is 0 Å². The fraction of sp³-hybridized carbons (Fsp3) is 0.333. The topological polar surface area (TPSA) is 66.6 Å². The van der Waals surface area contributed by atoms with E-state index in [0.29, 0.717) is 13.0 Å². The molecule has 5 nitrogen and oxygen atoms in total. The first-order chi connectivity index (χ1) is 12.5. The molecule has 3 aromatic rings. The Morgan fingerprint density at radius 2 is 1.96 bits per heavy atom. The standard InChI is InChI=1S/C21H25N3O2/c1-14-7-9-24-18(13-20(26)22-8-4-10-25)21(23-19(24)11-14)17-6-5-15(2)16(3)12-17/h5-7,9,11-12,25H,4,8,10,13H2,1-3H3,(H,22,26). The molecule has 5 heteroatoms. The van der Waals surface area contributed by atoms with E-state index in [4.69, 9.17) is 10.1 Å². The van der Waals surface area contributed by atoms with Gasteiger partial charge in [0.2, 0.25) is 5.91 Å². The Bertz CT molecular complexity index is 944. The van der Waals surface area contributed by atoms with Gasteiger partial charge in [-0.3, -0.25) is 4.79 Å². The molecule has 0 aliphatic carbocycles. The van der Waals surface area contributed by atoms with Crippen molar-refractivity contribution in [3.63, 3.8) is 0 Å². The van der Waals surface area contributed by atoms with E-state index in [2.05, 4.69) is 37.4 Å². The number of fused-ring (bicyclic) bond motifs is 1. The van der Waals surface area contributed by atoms with Crippen molar-refractivity contribution in [3.8, 4) is 11.3 Å². The van der Waals surface area contributed by atoms with Gasteiger partial charge in [0.25, 0.3) is 0 Å². The second-order valence-corrected chi connectivity index (χ2v) is 6.74. The molecule has 0 unspecified atom stereocenters. The number of carbonyl (C=O) groups excluding carboxylic acids is 1. The fourth-order valence-electron chi connectivity index (χ4n) is 3.01. The van der Waals surface area contributed by atoms with Gasteiger partial charge in [-0.05, 0) is 62.1 Å². The summed E-state index contributed by atoms with van der Waals surface area (Å²) in [6.45, 7) is 6.75. The van der Waals surface area contributed by atoms with Crippen LogP contribution in [0.15, 0.2) is 36.5 Å². The van der Waals surface area contributed by atoms with E-state index < -0.39 is 0 Å². The molecule has 0 radical (unpaired) electrons. The van der Waals surface area contributed by atoms with Crippen LogP contribution in [0.3, 0.4) is 0 Å². The molecular formula is C21H25N3O2. The maximum atomic E-state index is 12.4. The fourth-order valence-corrected chi connectivity index (χ4v) is 3.01. The minimum Gasteiger partial charge on any atom is -0.396 e. The number of nitrogens with one attached hydrogen (secondary N) is 1. The second-order valence-electron chi connectivity index (χ2n) is 6.74. The quantitative estimate of drug-likeness (QED) is 0.671. The van der Waals surface area contributed by atoms with E-state index in [9.17, 15) is 4.79 Å². The number of aryl methyl sites for hydroxylation is 3. The zero-order valence-electron chi connectivity index (χ0n) is 15.5. The van der Waals surface area contributed by atoms with Crippen LogP contribution < -0.4 is 5.32 Å². The van der Waals surface area contributed by atoms with Crippen LogP contribution in [-0.4, -0.2) is 33.6 Å². The molecule has 2 N–H and O–H groups in total. The molecule has 0 fully saturated rings. The molecule has 1 amide bonds. The molecule has 0 atom stereocenters. The number of rotatable bonds is 6. The predicted octanol–water partition coefficient (Wildman–Crippen LogP) is 2.97. The van der Waals surface area contributed by atoms with Crippen molar-refractivity contribution in [1.82, 2.24) is 14.7 Å². The molecular weight excluding hydrogens is 326 g/mol. The lowest BCUT2D eigenvalue weighted by molar-refractivity contribution is -0.120. The van der Waals surface area contributed by atoms with Gasteiger partial charge in [0, 0.05) is 24.9 Å². The number of aromatic nitrogens is 2. The molecule has 0 saturated carbocycles. The Balaban J connectivity index is 2.03. The van der Waals surface area contributed by atoms with E-state index in [1.165, 1.54) is 11.1 Å². The highest BCUT2D eigenvalue weighted by atomic mass is 16.3. The molecule has 0 aliphatic rings. The summed E-state index contributed by atoms with van der Waals surface area (Å²) in [5.74, 6) is -0.0640. The van der Waals surface area contributed by atoms with Gasteiger partial charge in [0.15, 0.2) is 0 Å². The number of hydrogen-bond acceptors (Lipinski definition) is 3. The highest BCUT2D eigenvalue weighted by Crippen LogP contribution is 2.27. The smallest absolute Gasteiger partial charge is 0.226 e. The number of aliphatic hydroxyl groups is 1. The van der Waals surface area contributed by atoms with Crippen LogP contribution in [0.4, 0.5) is 0 Å². The molecule has 3 rings (SSSR count). The molecule has 2 heterocycles. The van der Waals surface area contributed by atoms with E-state index >= 15 is 0 Å². The summed E-state index contributed by atoms with van der Waals surface area (Å²) in [5.41, 5.74) is 7.16. The minimum absolute atomic E-state index is 0.0640. The summed E-state index contributed by atoms with van der Waals surface area (Å²) < 4.78 is 1.99. The largest absolute Gasteiger partial charge is 0.396 e. The number of pyridine rings is 1. The maximum absolute atomic E-state index is 12.4. The normalized spacial score (nSPS) is 11.1. The molecule has 0 aliphatic heterocycles. The van der Waals surface area contributed by atoms with Crippen molar-refractivity contribution in [2.24, 2.45) is 0 Å². The van der Waals surface area contributed by atoms with Crippen molar-refractivity contribution in [2.45, 2.75) is 33.6 Å². The van der Waals surface area contributed by atoms with Crippen LogP contribution in [0.5, 0.6) is 0 Å². The zero-order valence-corrected chi connectivity index (χ0v) is 15.5. The third-order valence-electron chi connectivity index (χ3n) is 4.65. The van der Waals surface area contributed by atoms with E-state index in [1.807, 2.05) is 29.7 Å². The third-order valence-corrected chi connectivity index (χ3v) is 4.65. The van der Waals surface area contributed by atoms with Crippen LogP contribution in [0.25, 0.3) is 16.9 Å². The van der Waals surface area contributed by atoms with Gasteiger partial charge in [-0.25, -0.2) is 4.98 Å². The number of amides is 1. The molecule has 0 spiro atoms. The van der Waals surface area contributed by atoms with Crippen LogP contribution >= 0.6 is 0 Å². The summed E-state index contributed by atoms with van der Waals surface area (Å²) in [6.07, 6.45) is 2.78. The molecule has 0 saturated heterocycles. The summed E-state index contributed by atoms with van der Waals surface area (Å²) in [4.78, 5) is 17.2. The van der Waals surface area contributed by atoms with Crippen LogP contribution in [0, 0.1) is 20.8 Å². The number of nitrogens with zero attached hydrogens (tertiary/aromatic N) is 2. The lowest BCUT2D eigenvalue weighted by atomic mass is 10.0. The van der Waals surface area contributed by atoms with Gasteiger partial charge < -0.3 is 14.8 Å². The summed E-state index contributed by atoms with van der Waals surface area (Å²) in [5, 5.41) is 11.7. The number of hydrogen-bond donors (Lipinski definition) is 2. The number of carbonyl (C=O) groups is 1. The summed E-state index contributed by atoms with van der Waals surface area (Å²) in [6, 6.07) is 10.3. The van der Waals surface area contributed by atoms with E-state index in [1.54, 1.807) is 0 Å². The van der Waals surface area contributed by atoms with Crippen molar-refractivity contribution >= 4 is 11.6 Å².